The second-order valence-electron chi connectivity index (χ2n) is 4.80. The highest BCUT2D eigenvalue weighted by molar-refractivity contribution is 7.12. The van der Waals surface area contributed by atoms with Crippen LogP contribution in [-0.2, 0) is 9.53 Å². The predicted octanol–water partition coefficient (Wildman–Crippen LogP) is 3.47. The van der Waals surface area contributed by atoms with Gasteiger partial charge in [-0.2, -0.15) is 0 Å². The molecule has 0 saturated carbocycles. The maximum atomic E-state index is 11.9. The Balaban J connectivity index is 1.92. The lowest BCUT2D eigenvalue weighted by Gasteiger charge is -2.10. The lowest BCUT2D eigenvalue weighted by molar-refractivity contribution is -0.119. The van der Waals surface area contributed by atoms with Crippen LogP contribution in [0.4, 0.5) is 5.69 Å². The zero-order valence-corrected chi connectivity index (χ0v) is 13.0. The van der Waals surface area contributed by atoms with E-state index in [-0.39, 0.29) is 12.5 Å². The summed E-state index contributed by atoms with van der Waals surface area (Å²) in [7, 11) is 0. The fourth-order valence-electron chi connectivity index (χ4n) is 1.85. The zero-order valence-electron chi connectivity index (χ0n) is 12.2. The molecule has 110 valence electrons. The van der Waals surface area contributed by atoms with Crippen LogP contribution in [0.25, 0.3) is 0 Å². The average Bonchev–Trinajstić information content (AvgIpc) is 2.87. The molecule has 0 bridgehead atoms. The molecule has 0 aliphatic carbocycles. The summed E-state index contributed by atoms with van der Waals surface area (Å²) in [5.41, 5.74) is 3.70. The summed E-state index contributed by atoms with van der Waals surface area (Å²) in [4.78, 5) is 24.2. The van der Waals surface area contributed by atoms with Gasteiger partial charge in [-0.3, -0.25) is 4.79 Å². The van der Waals surface area contributed by atoms with Crippen LogP contribution in [0, 0.1) is 20.8 Å². The molecule has 0 saturated heterocycles. The Morgan fingerprint density at radius 1 is 1.14 bits per heavy atom. The fraction of sp³-hybridized carbons (Fsp3) is 0.250. The van der Waals surface area contributed by atoms with Crippen LogP contribution in [0.2, 0.25) is 0 Å². The van der Waals surface area contributed by atoms with E-state index < -0.39 is 5.97 Å². The maximum Gasteiger partial charge on any atom is 0.349 e. The number of ether oxygens (including phenoxy) is 1. The van der Waals surface area contributed by atoms with Crippen molar-refractivity contribution in [1.29, 1.82) is 0 Å². The third kappa shape index (κ3) is 3.70. The average molecular weight is 303 g/mol. The van der Waals surface area contributed by atoms with Gasteiger partial charge >= 0.3 is 5.97 Å². The first kappa shape index (κ1) is 15.3. The van der Waals surface area contributed by atoms with Crippen LogP contribution < -0.4 is 5.32 Å². The second kappa shape index (κ2) is 6.54. The fourth-order valence-corrected chi connectivity index (χ4v) is 2.67. The van der Waals surface area contributed by atoms with E-state index in [2.05, 4.69) is 5.32 Å². The Morgan fingerprint density at radius 2 is 1.90 bits per heavy atom. The molecule has 21 heavy (non-hydrogen) atoms. The number of thiophene rings is 1. The minimum Gasteiger partial charge on any atom is -0.451 e. The molecule has 2 rings (SSSR count). The van der Waals surface area contributed by atoms with Crippen molar-refractivity contribution in [2.75, 3.05) is 11.9 Å². The summed E-state index contributed by atoms with van der Waals surface area (Å²) in [6, 6.07) is 7.52. The van der Waals surface area contributed by atoms with Crippen molar-refractivity contribution in [1.82, 2.24) is 0 Å². The minimum absolute atomic E-state index is 0.288. The number of benzene rings is 1. The van der Waals surface area contributed by atoms with Gasteiger partial charge in [0.1, 0.15) is 4.88 Å². The number of carbonyl (C=O) groups is 2. The SMILES string of the molecule is Cc1ccsc1C(=O)OCC(=O)Nc1cccc(C)c1C. The largest absolute Gasteiger partial charge is 0.451 e. The molecular weight excluding hydrogens is 286 g/mol. The van der Waals surface area contributed by atoms with E-state index in [1.54, 1.807) is 0 Å². The lowest BCUT2D eigenvalue weighted by atomic mass is 10.1. The summed E-state index contributed by atoms with van der Waals surface area (Å²) >= 11 is 1.31. The van der Waals surface area contributed by atoms with E-state index in [0.29, 0.717) is 4.88 Å². The topological polar surface area (TPSA) is 55.4 Å². The van der Waals surface area contributed by atoms with Gasteiger partial charge in [0, 0.05) is 5.69 Å². The second-order valence-corrected chi connectivity index (χ2v) is 5.72. The quantitative estimate of drug-likeness (QED) is 0.880. The van der Waals surface area contributed by atoms with E-state index in [0.717, 1.165) is 22.4 Å². The van der Waals surface area contributed by atoms with Crippen molar-refractivity contribution in [3.63, 3.8) is 0 Å². The highest BCUT2D eigenvalue weighted by Crippen LogP contribution is 2.18. The van der Waals surface area contributed by atoms with E-state index in [1.807, 2.05) is 50.4 Å². The molecule has 0 aliphatic heterocycles. The molecule has 1 amide bonds. The molecule has 5 heteroatoms. The number of hydrogen-bond acceptors (Lipinski definition) is 4. The Hall–Kier alpha value is -2.14. The van der Waals surface area contributed by atoms with Gasteiger partial charge < -0.3 is 10.1 Å². The van der Waals surface area contributed by atoms with Crippen molar-refractivity contribution < 1.29 is 14.3 Å². The third-order valence-corrected chi connectivity index (χ3v) is 4.26. The zero-order chi connectivity index (χ0) is 15.4. The number of anilines is 1. The van der Waals surface area contributed by atoms with Crippen LogP contribution in [0.3, 0.4) is 0 Å². The molecule has 0 radical (unpaired) electrons. The molecule has 2 aromatic rings. The molecule has 0 fully saturated rings. The summed E-state index contributed by atoms with van der Waals surface area (Å²) < 4.78 is 5.03. The van der Waals surface area contributed by atoms with Crippen LogP contribution >= 0.6 is 11.3 Å². The number of nitrogens with one attached hydrogen (secondary N) is 1. The highest BCUT2D eigenvalue weighted by atomic mass is 32.1. The molecule has 4 nitrogen and oxygen atoms in total. The van der Waals surface area contributed by atoms with E-state index in [4.69, 9.17) is 4.74 Å². The third-order valence-electron chi connectivity index (χ3n) is 3.26. The molecule has 1 aromatic heterocycles. The number of carbonyl (C=O) groups excluding carboxylic acids is 2. The molecule has 1 heterocycles. The predicted molar refractivity (Wildman–Crippen MR) is 83.9 cm³/mol. The first-order valence-corrected chi connectivity index (χ1v) is 7.44. The number of amides is 1. The summed E-state index contributed by atoms with van der Waals surface area (Å²) in [5, 5.41) is 4.58. The van der Waals surface area contributed by atoms with Gasteiger partial charge in [-0.1, -0.05) is 12.1 Å². The van der Waals surface area contributed by atoms with Crippen molar-refractivity contribution in [3.05, 3.63) is 51.2 Å². The highest BCUT2D eigenvalue weighted by Gasteiger charge is 2.14. The molecular formula is C16H17NO3S. The summed E-state index contributed by atoms with van der Waals surface area (Å²) in [6.07, 6.45) is 0. The number of rotatable bonds is 4. The van der Waals surface area contributed by atoms with Crippen molar-refractivity contribution in [2.45, 2.75) is 20.8 Å². The summed E-state index contributed by atoms with van der Waals surface area (Å²) in [6.45, 7) is 5.46. The van der Waals surface area contributed by atoms with Crippen LogP contribution in [-0.4, -0.2) is 18.5 Å². The van der Waals surface area contributed by atoms with Crippen molar-refractivity contribution in [2.24, 2.45) is 0 Å². The van der Waals surface area contributed by atoms with Gasteiger partial charge in [0.2, 0.25) is 0 Å². The summed E-state index contributed by atoms with van der Waals surface area (Å²) in [5.74, 6) is -0.801. The minimum atomic E-state index is -0.460. The Morgan fingerprint density at radius 3 is 2.57 bits per heavy atom. The van der Waals surface area contributed by atoms with E-state index >= 15 is 0 Å². The first-order valence-electron chi connectivity index (χ1n) is 6.56. The van der Waals surface area contributed by atoms with Crippen molar-refractivity contribution >= 4 is 28.9 Å². The van der Waals surface area contributed by atoms with Gasteiger partial charge in [0.15, 0.2) is 6.61 Å². The first-order chi connectivity index (χ1) is 9.99. The van der Waals surface area contributed by atoms with Gasteiger partial charge in [0.05, 0.1) is 0 Å². The lowest BCUT2D eigenvalue weighted by Crippen LogP contribution is -2.21. The Bertz CT molecular complexity index is 676. The van der Waals surface area contributed by atoms with Crippen LogP contribution in [0.1, 0.15) is 26.4 Å². The van der Waals surface area contributed by atoms with E-state index in [9.17, 15) is 9.59 Å². The van der Waals surface area contributed by atoms with Gasteiger partial charge in [0.25, 0.3) is 5.91 Å². The number of aryl methyl sites for hydroxylation is 2. The molecule has 0 unspecified atom stereocenters. The molecule has 0 spiro atoms. The smallest absolute Gasteiger partial charge is 0.349 e. The van der Waals surface area contributed by atoms with E-state index in [1.165, 1.54) is 11.3 Å². The normalized spacial score (nSPS) is 10.2. The molecule has 0 atom stereocenters. The molecule has 1 N–H and O–H groups in total. The standard InChI is InChI=1S/C16H17NO3S/c1-10-5-4-6-13(12(10)3)17-14(18)9-20-16(19)15-11(2)7-8-21-15/h4-8H,9H2,1-3H3,(H,17,18). The Kier molecular flexibility index (Phi) is 4.75. The number of esters is 1. The van der Waals surface area contributed by atoms with Crippen LogP contribution in [0.15, 0.2) is 29.6 Å². The van der Waals surface area contributed by atoms with Gasteiger partial charge in [-0.25, -0.2) is 4.79 Å². The molecule has 0 aliphatic rings. The number of hydrogen-bond donors (Lipinski definition) is 1. The van der Waals surface area contributed by atoms with Gasteiger partial charge in [-0.15, -0.1) is 11.3 Å². The monoisotopic (exact) mass is 303 g/mol. The van der Waals surface area contributed by atoms with Gasteiger partial charge in [-0.05, 0) is 55.0 Å². The maximum absolute atomic E-state index is 11.9. The van der Waals surface area contributed by atoms with Crippen LogP contribution in [0.5, 0.6) is 0 Å². The Labute approximate surface area is 127 Å². The van der Waals surface area contributed by atoms with Crippen molar-refractivity contribution in [3.8, 4) is 0 Å². The molecule has 1 aromatic carbocycles.